The van der Waals surface area contributed by atoms with Gasteiger partial charge >= 0.3 is 0 Å². The third-order valence-corrected chi connectivity index (χ3v) is 3.72. The highest BCUT2D eigenvalue weighted by molar-refractivity contribution is 7.16. The van der Waals surface area contributed by atoms with Gasteiger partial charge in [-0.05, 0) is 23.8 Å². The molecule has 0 aliphatic carbocycles. The van der Waals surface area contributed by atoms with Crippen molar-refractivity contribution in [2.45, 2.75) is 0 Å². The molecule has 0 aliphatic heterocycles. The first kappa shape index (κ1) is 14.4. The van der Waals surface area contributed by atoms with Crippen molar-refractivity contribution in [1.29, 1.82) is 5.26 Å². The van der Waals surface area contributed by atoms with Crippen molar-refractivity contribution in [2.24, 2.45) is 5.73 Å². The van der Waals surface area contributed by atoms with Gasteiger partial charge in [0.1, 0.15) is 11.6 Å². The molecule has 1 amide bonds. The number of nitrogens with zero attached hydrogens (tertiary/aromatic N) is 2. The highest BCUT2D eigenvalue weighted by Gasteiger charge is 2.09. The number of thiophene rings is 1. The maximum atomic E-state index is 11.0. The van der Waals surface area contributed by atoms with E-state index in [9.17, 15) is 14.9 Å². The molecule has 1 heterocycles. The predicted octanol–water partition coefficient (Wildman–Crippen LogP) is 2.72. The van der Waals surface area contributed by atoms with E-state index < -0.39 is 10.8 Å². The number of rotatable bonds is 4. The van der Waals surface area contributed by atoms with E-state index in [1.54, 1.807) is 30.3 Å². The van der Waals surface area contributed by atoms with Crippen LogP contribution >= 0.6 is 11.3 Å². The second-order valence-corrected chi connectivity index (χ2v) is 5.16. The summed E-state index contributed by atoms with van der Waals surface area (Å²) >= 11 is 1.31. The predicted molar refractivity (Wildman–Crippen MR) is 79.2 cm³/mol. The molecule has 0 bridgehead atoms. The summed E-state index contributed by atoms with van der Waals surface area (Å²) in [4.78, 5) is 22.8. The minimum atomic E-state index is -0.789. The number of primary amides is 1. The number of nitro benzene ring substituents is 1. The lowest BCUT2D eigenvalue weighted by molar-refractivity contribution is -0.384. The van der Waals surface area contributed by atoms with Gasteiger partial charge < -0.3 is 5.73 Å². The van der Waals surface area contributed by atoms with Crippen molar-refractivity contribution in [3.8, 4) is 16.5 Å². The normalized spacial score (nSPS) is 10.9. The molecule has 0 saturated carbocycles. The number of hydrogen-bond donors (Lipinski definition) is 1. The largest absolute Gasteiger partial charge is 0.365 e. The second kappa shape index (κ2) is 5.98. The first-order chi connectivity index (χ1) is 10.0. The van der Waals surface area contributed by atoms with Crippen LogP contribution < -0.4 is 5.73 Å². The van der Waals surface area contributed by atoms with Gasteiger partial charge in [0, 0.05) is 21.9 Å². The van der Waals surface area contributed by atoms with Gasteiger partial charge in [0.05, 0.1) is 4.92 Å². The fourth-order valence-electron chi connectivity index (χ4n) is 1.66. The molecular formula is C14H9N3O3S. The smallest absolute Gasteiger partial charge is 0.270 e. The molecule has 1 aromatic carbocycles. The summed E-state index contributed by atoms with van der Waals surface area (Å²) < 4.78 is 0. The lowest BCUT2D eigenvalue weighted by Crippen LogP contribution is -2.12. The minimum absolute atomic E-state index is 0.00726. The average molecular weight is 299 g/mol. The maximum absolute atomic E-state index is 11.0. The molecule has 104 valence electrons. The van der Waals surface area contributed by atoms with Crippen LogP contribution in [0.15, 0.2) is 42.0 Å². The van der Waals surface area contributed by atoms with Crippen LogP contribution in [0.25, 0.3) is 16.5 Å². The minimum Gasteiger partial charge on any atom is -0.365 e. The molecule has 2 aromatic rings. The van der Waals surface area contributed by atoms with E-state index in [0.29, 0.717) is 10.4 Å². The van der Waals surface area contributed by atoms with Gasteiger partial charge in [-0.2, -0.15) is 5.26 Å². The van der Waals surface area contributed by atoms with Gasteiger partial charge in [0.2, 0.25) is 0 Å². The van der Waals surface area contributed by atoms with Crippen LogP contribution in [0.4, 0.5) is 5.69 Å². The quantitative estimate of drug-likeness (QED) is 0.405. The van der Waals surface area contributed by atoms with Crippen molar-refractivity contribution < 1.29 is 9.72 Å². The van der Waals surface area contributed by atoms with Gasteiger partial charge in [-0.1, -0.05) is 12.1 Å². The summed E-state index contributed by atoms with van der Waals surface area (Å²) in [7, 11) is 0. The molecule has 2 rings (SSSR count). The zero-order valence-electron chi connectivity index (χ0n) is 10.6. The van der Waals surface area contributed by atoms with Crippen LogP contribution in [-0.2, 0) is 4.79 Å². The van der Waals surface area contributed by atoms with Crippen LogP contribution in [-0.4, -0.2) is 10.8 Å². The van der Waals surface area contributed by atoms with Crippen LogP contribution in [0.2, 0.25) is 0 Å². The van der Waals surface area contributed by atoms with Gasteiger partial charge in [-0.15, -0.1) is 11.3 Å². The summed E-state index contributed by atoms with van der Waals surface area (Å²) in [5.41, 5.74) is 5.64. The molecule has 7 heteroatoms. The van der Waals surface area contributed by atoms with E-state index in [4.69, 9.17) is 11.0 Å². The zero-order chi connectivity index (χ0) is 15.4. The Morgan fingerprint density at radius 3 is 2.76 bits per heavy atom. The third-order valence-electron chi connectivity index (χ3n) is 2.64. The fourth-order valence-corrected chi connectivity index (χ4v) is 2.61. The topological polar surface area (TPSA) is 110 Å². The Balaban J connectivity index is 2.37. The second-order valence-electron chi connectivity index (χ2n) is 4.04. The highest BCUT2D eigenvalue weighted by atomic mass is 32.1. The lowest BCUT2D eigenvalue weighted by atomic mass is 10.1. The summed E-state index contributed by atoms with van der Waals surface area (Å²) in [5.74, 6) is -0.789. The Kier molecular flexibility index (Phi) is 4.11. The van der Waals surface area contributed by atoms with Gasteiger partial charge in [-0.3, -0.25) is 14.9 Å². The van der Waals surface area contributed by atoms with Crippen molar-refractivity contribution in [1.82, 2.24) is 0 Å². The van der Waals surface area contributed by atoms with Crippen molar-refractivity contribution >= 4 is 29.0 Å². The molecule has 0 radical (unpaired) electrons. The molecule has 0 unspecified atom stereocenters. The Morgan fingerprint density at radius 2 is 2.14 bits per heavy atom. The molecule has 0 atom stereocenters. The first-order valence-electron chi connectivity index (χ1n) is 5.77. The van der Waals surface area contributed by atoms with Crippen molar-refractivity contribution in [2.75, 3.05) is 0 Å². The number of carbonyl (C=O) groups is 1. The molecule has 21 heavy (non-hydrogen) atoms. The number of amides is 1. The van der Waals surface area contributed by atoms with E-state index in [2.05, 4.69) is 0 Å². The number of nitriles is 1. The Hall–Kier alpha value is -2.98. The number of non-ortho nitro benzene ring substituents is 1. The number of carbonyl (C=O) groups excluding carboxylic acids is 1. The summed E-state index contributed by atoms with van der Waals surface area (Å²) in [6, 6.07) is 11.5. The molecular weight excluding hydrogens is 290 g/mol. The third kappa shape index (κ3) is 3.32. The monoisotopic (exact) mass is 299 g/mol. The number of benzene rings is 1. The number of nitro groups is 1. The molecule has 0 spiro atoms. The van der Waals surface area contributed by atoms with E-state index in [-0.39, 0.29) is 11.3 Å². The zero-order valence-corrected chi connectivity index (χ0v) is 11.5. The Labute approximate surface area is 123 Å². The van der Waals surface area contributed by atoms with E-state index in [1.807, 2.05) is 0 Å². The van der Waals surface area contributed by atoms with E-state index in [0.717, 1.165) is 4.88 Å². The van der Waals surface area contributed by atoms with E-state index in [1.165, 1.54) is 29.5 Å². The van der Waals surface area contributed by atoms with Crippen LogP contribution in [0.3, 0.4) is 0 Å². The average Bonchev–Trinajstić information content (AvgIpc) is 2.93. The van der Waals surface area contributed by atoms with Gasteiger partial charge in [0.15, 0.2) is 0 Å². The molecule has 2 N–H and O–H groups in total. The molecule has 0 aliphatic rings. The standard InChI is InChI=1S/C14H9N3O3S/c15-8-10(14(16)18)7-12-4-5-13(21-12)9-2-1-3-11(6-9)17(19)20/h1-7H,(H2,16,18)/b10-7-. The number of hydrogen-bond acceptors (Lipinski definition) is 5. The Bertz CT molecular complexity index is 787. The summed E-state index contributed by atoms with van der Waals surface area (Å²) in [6.45, 7) is 0. The van der Waals surface area contributed by atoms with E-state index >= 15 is 0 Å². The molecule has 0 fully saturated rings. The summed E-state index contributed by atoms with van der Waals surface area (Å²) in [6.07, 6.45) is 1.40. The molecule has 6 nitrogen and oxygen atoms in total. The first-order valence-corrected chi connectivity index (χ1v) is 6.59. The van der Waals surface area contributed by atoms with Crippen LogP contribution in [0, 0.1) is 21.4 Å². The Morgan fingerprint density at radius 1 is 1.38 bits per heavy atom. The maximum Gasteiger partial charge on any atom is 0.270 e. The molecule has 0 saturated heterocycles. The van der Waals surface area contributed by atoms with Gasteiger partial charge in [-0.25, -0.2) is 0 Å². The van der Waals surface area contributed by atoms with Crippen molar-refractivity contribution in [3.63, 3.8) is 0 Å². The summed E-state index contributed by atoms with van der Waals surface area (Å²) in [5, 5.41) is 19.6. The van der Waals surface area contributed by atoms with Crippen LogP contribution in [0.5, 0.6) is 0 Å². The van der Waals surface area contributed by atoms with Crippen LogP contribution in [0.1, 0.15) is 4.88 Å². The SMILES string of the molecule is N#C/C(=C/c1ccc(-c2cccc([N+](=O)[O-])c2)s1)C(N)=O. The molecule has 1 aromatic heterocycles. The van der Waals surface area contributed by atoms with Crippen molar-refractivity contribution in [3.05, 3.63) is 57.0 Å². The number of nitrogens with two attached hydrogens (primary N) is 1. The van der Waals surface area contributed by atoms with Gasteiger partial charge in [0.25, 0.3) is 11.6 Å². The lowest BCUT2D eigenvalue weighted by Gasteiger charge is -1.97. The highest BCUT2D eigenvalue weighted by Crippen LogP contribution is 2.31. The fraction of sp³-hybridized carbons (Fsp3) is 0.